The molecule has 2 aromatic carbocycles. The van der Waals surface area contributed by atoms with E-state index >= 15 is 0 Å². The van der Waals surface area contributed by atoms with Crippen molar-refractivity contribution in [1.82, 2.24) is 10.6 Å². The van der Waals surface area contributed by atoms with Crippen molar-refractivity contribution in [2.75, 3.05) is 19.7 Å². The van der Waals surface area contributed by atoms with Gasteiger partial charge in [0.15, 0.2) is 0 Å². The van der Waals surface area contributed by atoms with Gasteiger partial charge in [0.25, 0.3) is 0 Å². The van der Waals surface area contributed by atoms with E-state index in [1.807, 2.05) is 38.1 Å². The quantitative estimate of drug-likeness (QED) is 0.450. The van der Waals surface area contributed by atoms with Crippen LogP contribution in [0.5, 0.6) is 0 Å². The highest BCUT2D eigenvalue weighted by Crippen LogP contribution is 2.44. The molecule has 1 unspecified atom stereocenters. The molecule has 1 aliphatic carbocycles. The van der Waals surface area contributed by atoms with Crippen LogP contribution in [0.15, 0.2) is 48.5 Å². The highest BCUT2D eigenvalue weighted by Gasteiger charge is 2.36. The number of carboxylic acids is 1. The van der Waals surface area contributed by atoms with Gasteiger partial charge >= 0.3 is 12.1 Å². The molecule has 0 spiro atoms. The third-order valence-corrected chi connectivity index (χ3v) is 7.10. The SMILES string of the molecule is CCC(CNC(=O)C(CC)(CC)CNC(=O)OCC1c2ccccc2-c2ccccc21)C(=O)O. The molecule has 1 atom stereocenters. The molecule has 0 saturated carbocycles. The second-order valence-corrected chi connectivity index (χ2v) is 8.82. The zero-order valence-corrected chi connectivity index (χ0v) is 20.1. The van der Waals surface area contributed by atoms with Gasteiger partial charge in [0.2, 0.25) is 5.91 Å². The van der Waals surface area contributed by atoms with E-state index in [-0.39, 0.29) is 31.5 Å². The van der Waals surface area contributed by atoms with Gasteiger partial charge in [-0.3, -0.25) is 9.59 Å². The van der Waals surface area contributed by atoms with E-state index in [0.29, 0.717) is 19.3 Å². The maximum Gasteiger partial charge on any atom is 0.407 e. The lowest BCUT2D eigenvalue weighted by Crippen LogP contribution is -2.49. The topological polar surface area (TPSA) is 105 Å². The van der Waals surface area contributed by atoms with Gasteiger partial charge in [0.05, 0.1) is 11.3 Å². The first-order chi connectivity index (χ1) is 16.4. The van der Waals surface area contributed by atoms with Gasteiger partial charge in [-0.15, -0.1) is 0 Å². The van der Waals surface area contributed by atoms with Gasteiger partial charge in [-0.25, -0.2) is 4.79 Å². The molecule has 2 aromatic rings. The molecule has 7 nitrogen and oxygen atoms in total. The van der Waals surface area contributed by atoms with Crippen molar-refractivity contribution < 1.29 is 24.2 Å². The summed E-state index contributed by atoms with van der Waals surface area (Å²) in [6.07, 6.45) is 0.864. The number of carboxylic acid groups (broad SMARTS) is 1. The Kier molecular flexibility index (Phi) is 8.31. The predicted octanol–water partition coefficient (Wildman–Crippen LogP) is 4.56. The van der Waals surface area contributed by atoms with Crippen molar-refractivity contribution >= 4 is 18.0 Å². The maximum absolute atomic E-state index is 12.9. The van der Waals surface area contributed by atoms with Crippen molar-refractivity contribution in [2.24, 2.45) is 11.3 Å². The maximum atomic E-state index is 12.9. The van der Waals surface area contributed by atoms with Crippen molar-refractivity contribution in [2.45, 2.75) is 46.0 Å². The largest absolute Gasteiger partial charge is 0.481 e. The average Bonchev–Trinajstić information content (AvgIpc) is 3.17. The van der Waals surface area contributed by atoms with Crippen LogP contribution in [0.3, 0.4) is 0 Å². The van der Waals surface area contributed by atoms with E-state index in [1.165, 1.54) is 0 Å². The molecule has 2 amide bonds. The Morgan fingerprint density at radius 3 is 2.00 bits per heavy atom. The third-order valence-electron chi connectivity index (χ3n) is 7.10. The third kappa shape index (κ3) is 5.24. The summed E-state index contributed by atoms with van der Waals surface area (Å²) in [4.78, 5) is 36.8. The molecule has 3 rings (SSSR count). The van der Waals surface area contributed by atoms with Crippen LogP contribution in [0.1, 0.15) is 57.1 Å². The molecule has 0 aliphatic heterocycles. The van der Waals surface area contributed by atoms with Crippen LogP contribution in [0.2, 0.25) is 0 Å². The number of benzene rings is 2. The molecule has 3 N–H and O–H groups in total. The van der Waals surface area contributed by atoms with Gasteiger partial charge in [0.1, 0.15) is 6.61 Å². The molecule has 182 valence electrons. The summed E-state index contributed by atoms with van der Waals surface area (Å²) in [6.45, 7) is 5.93. The number of nitrogens with one attached hydrogen (secondary N) is 2. The number of aliphatic carboxylic acids is 1. The fourth-order valence-electron chi connectivity index (χ4n) is 4.60. The molecule has 0 fully saturated rings. The van der Waals surface area contributed by atoms with Crippen molar-refractivity contribution in [3.63, 3.8) is 0 Å². The Hall–Kier alpha value is -3.35. The lowest BCUT2D eigenvalue weighted by atomic mass is 9.81. The summed E-state index contributed by atoms with van der Waals surface area (Å²) in [7, 11) is 0. The molecular weight excluding hydrogens is 432 g/mol. The number of alkyl carbamates (subject to hydrolysis) is 1. The fourth-order valence-corrected chi connectivity index (χ4v) is 4.60. The second kappa shape index (κ2) is 11.2. The number of amides is 2. The Balaban J connectivity index is 1.60. The van der Waals surface area contributed by atoms with Crippen molar-refractivity contribution in [3.8, 4) is 11.1 Å². The Morgan fingerprint density at radius 2 is 1.50 bits per heavy atom. The highest BCUT2D eigenvalue weighted by molar-refractivity contribution is 5.84. The molecule has 0 saturated heterocycles. The smallest absolute Gasteiger partial charge is 0.407 e. The number of ether oxygens (including phenoxy) is 1. The van der Waals surface area contributed by atoms with Crippen molar-refractivity contribution in [3.05, 3.63) is 59.7 Å². The second-order valence-electron chi connectivity index (χ2n) is 8.82. The lowest BCUT2D eigenvalue weighted by molar-refractivity contribution is -0.142. The van der Waals surface area contributed by atoms with Gasteiger partial charge < -0.3 is 20.5 Å². The van der Waals surface area contributed by atoms with E-state index in [0.717, 1.165) is 22.3 Å². The summed E-state index contributed by atoms with van der Waals surface area (Å²) >= 11 is 0. The monoisotopic (exact) mass is 466 g/mol. The average molecular weight is 467 g/mol. The molecule has 1 aliphatic rings. The number of hydrogen-bond acceptors (Lipinski definition) is 4. The van der Waals surface area contributed by atoms with Crippen LogP contribution in [0.4, 0.5) is 4.79 Å². The number of carbonyl (C=O) groups is 3. The standard InChI is InChI=1S/C27H34N2O5/c1-4-18(24(30)31)15-28-25(32)27(5-2,6-3)17-29-26(33)34-16-23-21-13-9-7-11-19(21)20-12-8-10-14-22(20)23/h7-14,18,23H,4-6,15-17H2,1-3H3,(H,28,32)(H,29,33)(H,30,31). The van der Waals surface area contributed by atoms with Gasteiger partial charge in [-0.05, 0) is 41.5 Å². The summed E-state index contributed by atoms with van der Waals surface area (Å²) in [5, 5.41) is 14.8. The van der Waals surface area contributed by atoms with Gasteiger partial charge in [0, 0.05) is 19.0 Å². The van der Waals surface area contributed by atoms with Crippen LogP contribution in [-0.4, -0.2) is 42.8 Å². The van der Waals surface area contributed by atoms with Crippen LogP contribution in [0, 0.1) is 11.3 Å². The number of hydrogen-bond donors (Lipinski definition) is 3. The predicted molar refractivity (Wildman–Crippen MR) is 131 cm³/mol. The molecule has 0 radical (unpaired) electrons. The molecule has 7 heteroatoms. The van der Waals surface area contributed by atoms with E-state index in [4.69, 9.17) is 4.74 Å². The zero-order chi connectivity index (χ0) is 24.7. The van der Waals surface area contributed by atoms with Crippen molar-refractivity contribution in [1.29, 1.82) is 0 Å². The summed E-state index contributed by atoms with van der Waals surface area (Å²) in [6, 6.07) is 16.3. The lowest BCUT2D eigenvalue weighted by Gasteiger charge is -2.31. The molecule has 0 heterocycles. The minimum atomic E-state index is -0.932. The van der Waals surface area contributed by atoms with E-state index in [9.17, 15) is 19.5 Å². The number of rotatable bonds is 11. The van der Waals surface area contributed by atoms with Crippen LogP contribution in [-0.2, 0) is 14.3 Å². The number of fused-ring (bicyclic) bond motifs is 3. The zero-order valence-electron chi connectivity index (χ0n) is 20.1. The van der Waals surface area contributed by atoms with Crippen LogP contribution < -0.4 is 10.6 Å². The summed E-state index contributed by atoms with van der Waals surface area (Å²) in [5.41, 5.74) is 3.76. The fraction of sp³-hybridized carbons (Fsp3) is 0.444. The molecule has 0 aromatic heterocycles. The Bertz CT molecular complexity index is 986. The van der Waals surface area contributed by atoms with Gasteiger partial charge in [-0.1, -0.05) is 69.3 Å². The highest BCUT2D eigenvalue weighted by atomic mass is 16.5. The molecule has 34 heavy (non-hydrogen) atoms. The first-order valence-corrected chi connectivity index (χ1v) is 12.0. The minimum absolute atomic E-state index is 0.0365. The van der Waals surface area contributed by atoms with E-state index in [1.54, 1.807) is 6.92 Å². The summed E-state index contributed by atoms with van der Waals surface area (Å²) < 4.78 is 5.59. The van der Waals surface area contributed by atoms with E-state index < -0.39 is 23.4 Å². The van der Waals surface area contributed by atoms with Crippen LogP contribution in [0.25, 0.3) is 11.1 Å². The molecular formula is C27H34N2O5. The van der Waals surface area contributed by atoms with E-state index in [2.05, 4.69) is 34.9 Å². The summed E-state index contributed by atoms with van der Waals surface area (Å²) in [5.74, 6) is -1.86. The van der Waals surface area contributed by atoms with Crippen LogP contribution >= 0.6 is 0 Å². The first kappa shape index (κ1) is 25.3. The first-order valence-electron chi connectivity index (χ1n) is 12.0. The van der Waals surface area contributed by atoms with Gasteiger partial charge in [-0.2, -0.15) is 0 Å². The number of carbonyl (C=O) groups excluding carboxylic acids is 2. The minimum Gasteiger partial charge on any atom is -0.481 e. The Morgan fingerprint density at radius 1 is 0.941 bits per heavy atom. The Labute approximate surface area is 200 Å². The molecule has 0 bridgehead atoms. The normalized spacial score (nSPS) is 13.5.